The van der Waals surface area contributed by atoms with Gasteiger partial charge in [0.1, 0.15) is 5.82 Å². The number of nitrogens with two attached hydrogens (primary N) is 1. The fourth-order valence-corrected chi connectivity index (χ4v) is 2.51. The maximum atomic E-state index is 13.0. The van der Waals surface area contributed by atoms with Crippen molar-refractivity contribution in [1.29, 1.82) is 0 Å². The van der Waals surface area contributed by atoms with Gasteiger partial charge in [0.15, 0.2) is 0 Å². The molecule has 0 aliphatic carbocycles. The summed E-state index contributed by atoms with van der Waals surface area (Å²) in [6.07, 6.45) is 1.44. The maximum absolute atomic E-state index is 13.0. The van der Waals surface area contributed by atoms with E-state index in [4.69, 9.17) is 10.5 Å². The molecule has 0 aromatic heterocycles. The van der Waals surface area contributed by atoms with Crippen LogP contribution in [0.15, 0.2) is 18.2 Å². The van der Waals surface area contributed by atoms with Crippen LogP contribution in [0.1, 0.15) is 30.1 Å². The number of anilines is 1. The molecule has 1 heterocycles. The third kappa shape index (κ3) is 3.51. The van der Waals surface area contributed by atoms with Crippen LogP contribution in [0.4, 0.5) is 10.1 Å². The van der Waals surface area contributed by atoms with Crippen LogP contribution in [0.5, 0.6) is 0 Å². The van der Waals surface area contributed by atoms with Gasteiger partial charge in [-0.25, -0.2) is 4.39 Å². The molecule has 21 heavy (non-hydrogen) atoms. The van der Waals surface area contributed by atoms with Crippen molar-refractivity contribution in [3.05, 3.63) is 29.6 Å². The standard InChI is InChI=1S/C15H19FN2O3/c1-2-21-15(20)10-4-3-7-18(9-10)14(19)12-6-5-11(16)8-13(12)17/h5-6,8,10H,2-4,7,9,17H2,1H3. The number of carbonyl (C=O) groups is 2. The van der Waals surface area contributed by atoms with Gasteiger partial charge in [0.25, 0.3) is 5.91 Å². The molecule has 5 nitrogen and oxygen atoms in total. The van der Waals surface area contributed by atoms with Crippen LogP contribution >= 0.6 is 0 Å². The Hall–Kier alpha value is -2.11. The highest BCUT2D eigenvalue weighted by molar-refractivity contribution is 5.99. The average Bonchev–Trinajstić information content (AvgIpc) is 2.47. The maximum Gasteiger partial charge on any atom is 0.310 e. The van der Waals surface area contributed by atoms with Crippen LogP contribution in [0.2, 0.25) is 0 Å². The predicted octanol–water partition coefficient (Wildman–Crippen LogP) is 1.82. The van der Waals surface area contributed by atoms with Crippen molar-refractivity contribution in [1.82, 2.24) is 4.90 Å². The smallest absolute Gasteiger partial charge is 0.310 e. The van der Waals surface area contributed by atoms with E-state index in [1.807, 2.05) is 0 Å². The lowest BCUT2D eigenvalue weighted by Crippen LogP contribution is -2.43. The fourth-order valence-electron chi connectivity index (χ4n) is 2.51. The van der Waals surface area contributed by atoms with Crippen molar-refractivity contribution in [3.63, 3.8) is 0 Å². The third-order valence-corrected chi connectivity index (χ3v) is 3.57. The first-order valence-electron chi connectivity index (χ1n) is 7.04. The molecule has 1 aromatic carbocycles. The first-order valence-corrected chi connectivity index (χ1v) is 7.04. The summed E-state index contributed by atoms with van der Waals surface area (Å²) in [4.78, 5) is 25.8. The summed E-state index contributed by atoms with van der Waals surface area (Å²) in [5.74, 6) is -1.33. The van der Waals surface area contributed by atoms with Crippen molar-refractivity contribution in [2.45, 2.75) is 19.8 Å². The molecule has 1 atom stereocenters. The quantitative estimate of drug-likeness (QED) is 0.682. The van der Waals surface area contributed by atoms with Crippen LogP contribution in [0.3, 0.4) is 0 Å². The summed E-state index contributed by atoms with van der Waals surface area (Å²) in [6, 6.07) is 3.71. The Balaban J connectivity index is 2.10. The van der Waals surface area contributed by atoms with E-state index in [0.717, 1.165) is 12.5 Å². The number of carbonyl (C=O) groups excluding carboxylic acids is 2. The number of ether oxygens (including phenoxy) is 1. The number of rotatable bonds is 3. The third-order valence-electron chi connectivity index (χ3n) is 3.57. The Morgan fingerprint density at radius 3 is 2.90 bits per heavy atom. The van der Waals surface area contributed by atoms with E-state index in [1.165, 1.54) is 12.1 Å². The molecule has 0 bridgehead atoms. The highest BCUT2D eigenvalue weighted by Crippen LogP contribution is 2.22. The molecule has 6 heteroatoms. The molecule has 1 unspecified atom stereocenters. The number of likely N-dealkylation sites (tertiary alicyclic amines) is 1. The van der Waals surface area contributed by atoms with Gasteiger partial charge in [-0.1, -0.05) is 0 Å². The number of esters is 1. The molecule has 2 N–H and O–H groups in total. The van der Waals surface area contributed by atoms with E-state index in [-0.39, 0.29) is 29.0 Å². The zero-order valence-electron chi connectivity index (χ0n) is 12.0. The minimum absolute atomic E-state index is 0.109. The van der Waals surface area contributed by atoms with Crippen LogP contribution in [-0.2, 0) is 9.53 Å². The highest BCUT2D eigenvalue weighted by Gasteiger charge is 2.30. The van der Waals surface area contributed by atoms with Crippen LogP contribution in [0, 0.1) is 11.7 Å². The van der Waals surface area contributed by atoms with Gasteiger partial charge in [-0.15, -0.1) is 0 Å². The first-order chi connectivity index (χ1) is 10.0. The molecule has 1 aliphatic heterocycles. The lowest BCUT2D eigenvalue weighted by atomic mass is 9.97. The second-order valence-electron chi connectivity index (χ2n) is 5.07. The zero-order chi connectivity index (χ0) is 15.4. The SMILES string of the molecule is CCOC(=O)C1CCCN(C(=O)c2ccc(F)cc2N)C1. The molecule has 0 radical (unpaired) electrons. The molecule has 1 aromatic rings. The average molecular weight is 294 g/mol. The molecular weight excluding hydrogens is 275 g/mol. The molecule has 1 amide bonds. The van der Waals surface area contributed by atoms with Crippen LogP contribution in [0.25, 0.3) is 0 Å². The van der Waals surface area contributed by atoms with E-state index in [2.05, 4.69) is 0 Å². The van der Waals surface area contributed by atoms with Crippen LogP contribution in [-0.4, -0.2) is 36.5 Å². The number of nitrogens with zero attached hydrogens (tertiary/aromatic N) is 1. The molecule has 0 saturated carbocycles. The zero-order valence-corrected chi connectivity index (χ0v) is 12.0. The Kier molecular flexibility index (Phi) is 4.77. The first kappa shape index (κ1) is 15.3. The van der Waals surface area contributed by atoms with Crippen molar-refractivity contribution in [2.24, 2.45) is 5.92 Å². The number of hydrogen-bond donors (Lipinski definition) is 1. The number of hydrogen-bond acceptors (Lipinski definition) is 4. The second-order valence-corrected chi connectivity index (χ2v) is 5.07. The summed E-state index contributed by atoms with van der Waals surface area (Å²) in [5, 5.41) is 0. The lowest BCUT2D eigenvalue weighted by Gasteiger charge is -2.31. The van der Waals surface area contributed by atoms with E-state index in [9.17, 15) is 14.0 Å². The van der Waals surface area contributed by atoms with Gasteiger partial charge in [0, 0.05) is 18.8 Å². The Labute approximate surface area is 122 Å². The molecule has 0 spiro atoms. The second kappa shape index (κ2) is 6.56. The summed E-state index contributed by atoms with van der Waals surface area (Å²) < 4.78 is 18.0. The molecule has 2 rings (SSSR count). The number of piperidine rings is 1. The Bertz CT molecular complexity index is 548. The number of halogens is 1. The van der Waals surface area contributed by atoms with Gasteiger partial charge < -0.3 is 15.4 Å². The fraction of sp³-hybridized carbons (Fsp3) is 0.467. The van der Waals surface area contributed by atoms with Crippen molar-refractivity contribution < 1.29 is 18.7 Å². The van der Waals surface area contributed by atoms with E-state index < -0.39 is 5.82 Å². The van der Waals surface area contributed by atoms with Gasteiger partial charge >= 0.3 is 5.97 Å². The summed E-state index contributed by atoms with van der Waals surface area (Å²) in [5.41, 5.74) is 6.07. The number of nitrogen functional groups attached to an aromatic ring is 1. The highest BCUT2D eigenvalue weighted by atomic mass is 19.1. The van der Waals surface area contributed by atoms with E-state index >= 15 is 0 Å². The van der Waals surface area contributed by atoms with Gasteiger partial charge in [0.2, 0.25) is 0 Å². The molecule has 1 fully saturated rings. The van der Waals surface area contributed by atoms with E-state index in [0.29, 0.717) is 26.1 Å². The Morgan fingerprint density at radius 1 is 1.48 bits per heavy atom. The number of amides is 1. The van der Waals surface area contributed by atoms with Crippen molar-refractivity contribution >= 4 is 17.6 Å². The minimum Gasteiger partial charge on any atom is -0.466 e. The van der Waals surface area contributed by atoms with Crippen molar-refractivity contribution in [3.8, 4) is 0 Å². The topological polar surface area (TPSA) is 72.6 Å². The van der Waals surface area contributed by atoms with Gasteiger partial charge in [-0.2, -0.15) is 0 Å². The largest absolute Gasteiger partial charge is 0.466 e. The minimum atomic E-state index is -0.480. The molecular formula is C15H19FN2O3. The van der Waals surface area contributed by atoms with Crippen molar-refractivity contribution in [2.75, 3.05) is 25.4 Å². The summed E-state index contributed by atoms with van der Waals surface area (Å²) in [7, 11) is 0. The Morgan fingerprint density at radius 2 is 2.24 bits per heavy atom. The lowest BCUT2D eigenvalue weighted by molar-refractivity contribution is -0.149. The normalized spacial score (nSPS) is 18.4. The summed E-state index contributed by atoms with van der Waals surface area (Å²) in [6.45, 7) is 2.96. The monoisotopic (exact) mass is 294 g/mol. The van der Waals surface area contributed by atoms with Crippen LogP contribution < -0.4 is 5.73 Å². The van der Waals surface area contributed by atoms with E-state index in [1.54, 1.807) is 11.8 Å². The van der Waals surface area contributed by atoms with Gasteiger partial charge in [0.05, 0.1) is 18.1 Å². The van der Waals surface area contributed by atoms with Gasteiger partial charge in [-0.05, 0) is 38.0 Å². The number of benzene rings is 1. The molecule has 1 aliphatic rings. The van der Waals surface area contributed by atoms with Gasteiger partial charge in [-0.3, -0.25) is 9.59 Å². The summed E-state index contributed by atoms with van der Waals surface area (Å²) >= 11 is 0. The molecule has 1 saturated heterocycles. The molecule has 114 valence electrons. The predicted molar refractivity (Wildman–Crippen MR) is 76.1 cm³/mol.